The molecule has 2 heterocycles. The Hall–Kier alpha value is -2.87. The molecule has 1 aromatic carbocycles. The van der Waals surface area contributed by atoms with Crippen LogP contribution in [0.1, 0.15) is 20.3 Å². The summed E-state index contributed by atoms with van der Waals surface area (Å²) in [6.45, 7) is 5.58. The molecule has 0 radical (unpaired) electrons. The number of alkyl halides is 3. The van der Waals surface area contributed by atoms with Crippen LogP contribution in [0.25, 0.3) is 20.5 Å². The predicted octanol–water partition coefficient (Wildman–Crippen LogP) is 6.42. The molecule has 3 aromatic rings. The topological polar surface area (TPSA) is 48.4 Å². The number of nitrogens with zero attached hydrogens (tertiary/aromatic N) is 1. The maximum absolute atomic E-state index is 13.1. The number of carbonyl (C=O) groups excluding carboxylic acids is 1. The Kier molecular flexibility index (Phi) is 6.69. The highest BCUT2D eigenvalue weighted by atomic mass is 32.1. The molecule has 164 valence electrons. The van der Waals surface area contributed by atoms with Gasteiger partial charge in [0.05, 0.1) is 13.0 Å². The minimum Gasteiger partial charge on any atom is -0.493 e. The monoisotopic (exact) mass is 449 g/mol. The smallest absolute Gasteiger partial charge is 0.389 e. The van der Waals surface area contributed by atoms with Crippen LogP contribution < -0.4 is 4.74 Å². The molecule has 0 bridgehead atoms. The minimum atomic E-state index is -4.43. The predicted molar refractivity (Wildman–Crippen MR) is 115 cm³/mol. The van der Waals surface area contributed by atoms with Crippen molar-refractivity contribution in [3.05, 3.63) is 60.9 Å². The van der Waals surface area contributed by atoms with E-state index in [1.807, 2.05) is 24.3 Å². The largest absolute Gasteiger partial charge is 0.493 e. The van der Waals surface area contributed by atoms with Gasteiger partial charge in [0.25, 0.3) is 0 Å². The molecule has 0 fully saturated rings. The third kappa shape index (κ3) is 6.30. The van der Waals surface area contributed by atoms with Crippen LogP contribution in [0.5, 0.6) is 5.75 Å². The van der Waals surface area contributed by atoms with E-state index in [4.69, 9.17) is 9.47 Å². The van der Waals surface area contributed by atoms with Gasteiger partial charge in [-0.1, -0.05) is 19.6 Å². The summed E-state index contributed by atoms with van der Waals surface area (Å²) in [5, 5.41) is 1.00. The lowest BCUT2D eigenvalue weighted by molar-refractivity contribution is -0.173. The first-order valence-electron chi connectivity index (χ1n) is 9.51. The molecule has 0 aliphatic rings. The van der Waals surface area contributed by atoms with Gasteiger partial charge in [-0.15, -0.1) is 11.3 Å². The number of halogens is 3. The Morgan fingerprint density at radius 2 is 1.97 bits per heavy atom. The quantitative estimate of drug-likeness (QED) is 0.294. The summed E-state index contributed by atoms with van der Waals surface area (Å²) in [4.78, 5) is 16.8. The molecule has 0 aliphatic carbocycles. The fourth-order valence-electron chi connectivity index (χ4n) is 3.00. The van der Waals surface area contributed by atoms with Crippen molar-refractivity contribution in [1.29, 1.82) is 0 Å². The molecule has 2 aromatic heterocycles. The van der Waals surface area contributed by atoms with Crippen molar-refractivity contribution in [3.8, 4) is 16.2 Å². The standard InChI is InChI=1S/C23H22F3NO3S/c1-15(2)21(28)30-14-22(3,12-23(24,25)26)13-29-18-7-6-16-9-19(31-20(16)10-18)17-5-4-8-27-11-17/h4-11H,1,12-14H2,2-3H3. The minimum absolute atomic E-state index is 0.128. The maximum Gasteiger partial charge on any atom is 0.389 e. The number of benzene rings is 1. The zero-order chi connectivity index (χ0) is 22.6. The van der Waals surface area contributed by atoms with E-state index >= 15 is 0 Å². The first-order valence-corrected chi connectivity index (χ1v) is 10.3. The molecule has 8 heteroatoms. The molecule has 0 aliphatic heterocycles. The third-order valence-electron chi connectivity index (χ3n) is 4.55. The summed E-state index contributed by atoms with van der Waals surface area (Å²) < 4.78 is 51.0. The maximum atomic E-state index is 13.1. The van der Waals surface area contributed by atoms with Crippen LogP contribution in [0, 0.1) is 5.41 Å². The number of hydrogen-bond donors (Lipinski definition) is 0. The van der Waals surface area contributed by atoms with Crippen molar-refractivity contribution < 1.29 is 27.4 Å². The fraction of sp³-hybridized carbons (Fsp3) is 0.304. The highest BCUT2D eigenvalue weighted by Crippen LogP contribution is 2.37. The number of fused-ring (bicyclic) bond motifs is 1. The molecule has 0 saturated heterocycles. The second-order valence-electron chi connectivity index (χ2n) is 7.80. The molecule has 0 spiro atoms. The van der Waals surface area contributed by atoms with Crippen molar-refractivity contribution in [2.45, 2.75) is 26.4 Å². The average Bonchev–Trinajstić information content (AvgIpc) is 3.13. The molecule has 1 unspecified atom stereocenters. The second kappa shape index (κ2) is 9.09. The van der Waals surface area contributed by atoms with Gasteiger partial charge in [0, 0.05) is 38.5 Å². The first-order chi connectivity index (χ1) is 14.5. The second-order valence-corrected chi connectivity index (χ2v) is 8.88. The van der Waals surface area contributed by atoms with E-state index in [1.54, 1.807) is 35.9 Å². The Bertz CT molecular complexity index is 1080. The van der Waals surface area contributed by atoms with Gasteiger partial charge in [-0.25, -0.2) is 4.79 Å². The van der Waals surface area contributed by atoms with E-state index in [-0.39, 0.29) is 12.2 Å². The van der Waals surface area contributed by atoms with Crippen molar-refractivity contribution in [3.63, 3.8) is 0 Å². The van der Waals surface area contributed by atoms with Crippen LogP contribution in [-0.2, 0) is 9.53 Å². The molecule has 4 nitrogen and oxygen atoms in total. The lowest BCUT2D eigenvalue weighted by Crippen LogP contribution is -2.36. The zero-order valence-corrected chi connectivity index (χ0v) is 18.0. The summed E-state index contributed by atoms with van der Waals surface area (Å²) in [7, 11) is 0. The SMILES string of the molecule is C=C(C)C(=O)OCC(C)(COc1ccc2cc(-c3cccnc3)sc2c1)CC(F)(F)F. The Labute approximate surface area is 182 Å². The van der Waals surface area contributed by atoms with Crippen molar-refractivity contribution in [2.75, 3.05) is 13.2 Å². The molecular formula is C23H22F3NO3S. The van der Waals surface area contributed by atoms with Crippen LogP contribution in [0.4, 0.5) is 13.2 Å². The van der Waals surface area contributed by atoms with E-state index in [9.17, 15) is 18.0 Å². The van der Waals surface area contributed by atoms with Crippen molar-refractivity contribution >= 4 is 27.4 Å². The van der Waals surface area contributed by atoms with E-state index in [0.717, 1.165) is 20.5 Å². The molecule has 0 saturated carbocycles. The lowest BCUT2D eigenvalue weighted by Gasteiger charge is -2.30. The third-order valence-corrected chi connectivity index (χ3v) is 5.70. The van der Waals surface area contributed by atoms with Gasteiger partial charge < -0.3 is 9.47 Å². The summed E-state index contributed by atoms with van der Waals surface area (Å²) in [5.74, 6) is -0.275. The number of ether oxygens (including phenoxy) is 2. The average molecular weight is 449 g/mol. The summed E-state index contributed by atoms with van der Waals surface area (Å²) in [6.07, 6.45) is -2.09. The number of aromatic nitrogens is 1. The Morgan fingerprint density at radius 3 is 2.61 bits per heavy atom. The number of esters is 1. The van der Waals surface area contributed by atoms with Crippen molar-refractivity contribution in [2.24, 2.45) is 5.41 Å². The van der Waals surface area contributed by atoms with Crippen LogP contribution in [0.15, 0.2) is 60.9 Å². The highest BCUT2D eigenvalue weighted by molar-refractivity contribution is 7.22. The van der Waals surface area contributed by atoms with Crippen LogP contribution in [0.2, 0.25) is 0 Å². The number of rotatable bonds is 8. The van der Waals surface area contributed by atoms with Crippen LogP contribution in [-0.4, -0.2) is 30.3 Å². The van der Waals surface area contributed by atoms with Gasteiger partial charge in [0.1, 0.15) is 12.4 Å². The first kappa shape index (κ1) is 22.8. The van der Waals surface area contributed by atoms with Gasteiger partial charge in [-0.2, -0.15) is 13.2 Å². The summed E-state index contributed by atoms with van der Waals surface area (Å²) >= 11 is 1.55. The van der Waals surface area contributed by atoms with Gasteiger partial charge in [-0.3, -0.25) is 4.98 Å². The van der Waals surface area contributed by atoms with E-state index in [0.29, 0.717) is 5.75 Å². The van der Waals surface area contributed by atoms with E-state index in [2.05, 4.69) is 11.6 Å². The van der Waals surface area contributed by atoms with Crippen LogP contribution >= 0.6 is 11.3 Å². The molecule has 31 heavy (non-hydrogen) atoms. The van der Waals surface area contributed by atoms with Crippen LogP contribution in [0.3, 0.4) is 0 Å². The fourth-order valence-corrected chi connectivity index (χ4v) is 4.08. The summed E-state index contributed by atoms with van der Waals surface area (Å²) in [5.41, 5.74) is -0.319. The molecule has 1 atom stereocenters. The molecule has 0 amide bonds. The van der Waals surface area contributed by atoms with E-state index < -0.39 is 30.6 Å². The number of carbonyl (C=O) groups is 1. The highest BCUT2D eigenvalue weighted by Gasteiger charge is 2.41. The number of thiophene rings is 1. The number of pyridine rings is 1. The zero-order valence-electron chi connectivity index (χ0n) is 17.2. The van der Waals surface area contributed by atoms with Gasteiger partial charge in [-0.05, 0) is 42.6 Å². The normalized spacial score (nSPS) is 13.6. The Balaban J connectivity index is 1.75. The van der Waals surface area contributed by atoms with Crippen molar-refractivity contribution in [1.82, 2.24) is 4.98 Å². The van der Waals surface area contributed by atoms with Gasteiger partial charge >= 0.3 is 12.1 Å². The Morgan fingerprint density at radius 1 is 1.19 bits per heavy atom. The number of hydrogen-bond acceptors (Lipinski definition) is 5. The van der Waals surface area contributed by atoms with Gasteiger partial charge in [0.15, 0.2) is 0 Å². The lowest BCUT2D eigenvalue weighted by atomic mass is 9.88. The van der Waals surface area contributed by atoms with Gasteiger partial charge in [0.2, 0.25) is 0 Å². The molecule has 0 N–H and O–H groups in total. The molecule has 3 rings (SSSR count). The molecular weight excluding hydrogens is 427 g/mol. The van der Waals surface area contributed by atoms with E-state index in [1.165, 1.54) is 13.8 Å². The summed E-state index contributed by atoms with van der Waals surface area (Å²) in [6, 6.07) is 11.2.